The van der Waals surface area contributed by atoms with Crippen molar-refractivity contribution >= 4 is 23.2 Å². The highest BCUT2D eigenvalue weighted by atomic mass is 35.5. The van der Waals surface area contributed by atoms with Crippen molar-refractivity contribution in [3.05, 3.63) is 70.3 Å². The zero-order valence-electron chi connectivity index (χ0n) is 22.0. The molecule has 2 aromatic carbocycles. The van der Waals surface area contributed by atoms with E-state index < -0.39 is 19.9 Å². The summed E-state index contributed by atoms with van der Waals surface area (Å²) in [5.74, 6) is -0.412. The smallest absolute Gasteiger partial charge is 0.222 e. The molecule has 0 fully saturated rings. The number of fused-ring (bicyclic) bond motifs is 3. The maximum atomic E-state index is 12.6. The predicted octanol–water partition coefficient (Wildman–Crippen LogP) is 3.66. The van der Waals surface area contributed by atoms with Gasteiger partial charge in [-0.1, -0.05) is 23.7 Å². The molecule has 0 aliphatic carbocycles. The van der Waals surface area contributed by atoms with Gasteiger partial charge in [0.15, 0.2) is 5.82 Å². The fraction of sp³-hybridized carbons (Fsp3) is 0.273. The van der Waals surface area contributed by atoms with Gasteiger partial charge in [0.05, 0.1) is 29.0 Å². The number of hydrogen-bond donors (Lipinski definition) is 1. The van der Waals surface area contributed by atoms with Gasteiger partial charge in [-0.15, -0.1) is 10.2 Å². The lowest BCUT2D eigenvalue weighted by Gasteiger charge is -2.14. The van der Waals surface area contributed by atoms with Crippen molar-refractivity contribution < 1.29 is 17.8 Å². The summed E-state index contributed by atoms with van der Waals surface area (Å²) in [4.78, 5) is 17.4. The zero-order valence-corrected chi connectivity index (χ0v) is 16.8. The van der Waals surface area contributed by atoms with E-state index in [1.54, 1.807) is 31.2 Å². The van der Waals surface area contributed by atoms with E-state index in [9.17, 15) is 4.79 Å². The molecule has 8 heteroatoms. The van der Waals surface area contributed by atoms with E-state index >= 15 is 0 Å². The van der Waals surface area contributed by atoms with E-state index in [1.165, 1.54) is 22.8 Å². The molecule has 1 N–H and O–H groups in total. The number of carbonyl (C=O) groups excluding carboxylic acids is 1. The molecule has 1 aliphatic heterocycles. The van der Waals surface area contributed by atoms with Crippen molar-refractivity contribution in [2.45, 2.75) is 26.2 Å². The van der Waals surface area contributed by atoms with Crippen LogP contribution in [0.1, 0.15) is 50.4 Å². The Hall–Kier alpha value is -3.19. The number of aliphatic imine (C=N–C) groups is 1. The van der Waals surface area contributed by atoms with Crippen molar-refractivity contribution in [2.75, 3.05) is 13.6 Å². The van der Waals surface area contributed by atoms with E-state index in [1.807, 2.05) is 0 Å². The van der Waals surface area contributed by atoms with Gasteiger partial charge in [0.25, 0.3) is 0 Å². The van der Waals surface area contributed by atoms with Gasteiger partial charge in [-0.25, -0.2) is 0 Å². The standard InChI is InChI=1S/C22H22ClN5O2/c1-4-24-20(29)12-18-22-27-26-13(2)28(22)19-10-9-16(30-3)11-17(19)21(25-18)14-5-7-15(23)8-6-14/h5-11,18H,4,12H2,1-3H3,(H,24,29)/t18-/m0/s1/i2D3,3D3. The molecule has 1 aromatic heterocycles. The number of methoxy groups -OCH3 is 1. The largest absolute Gasteiger partial charge is 0.497 e. The summed E-state index contributed by atoms with van der Waals surface area (Å²) in [7, 11) is -2.71. The molecule has 4 rings (SSSR count). The number of carbonyl (C=O) groups is 1. The molecular weight excluding hydrogens is 402 g/mol. The first-order valence-electron chi connectivity index (χ1n) is 12.3. The summed E-state index contributed by atoms with van der Waals surface area (Å²) >= 11 is 6.08. The first kappa shape index (κ1) is 13.9. The van der Waals surface area contributed by atoms with Gasteiger partial charge in [0.1, 0.15) is 17.6 Å². The molecule has 1 aliphatic rings. The fourth-order valence-corrected chi connectivity index (χ4v) is 3.54. The maximum Gasteiger partial charge on any atom is 0.222 e. The number of halogens is 1. The minimum absolute atomic E-state index is 0.0302. The van der Waals surface area contributed by atoms with Crippen LogP contribution in [0.25, 0.3) is 5.69 Å². The Morgan fingerprint density at radius 2 is 2.10 bits per heavy atom. The molecule has 0 saturated heterocycles. The SMILES string of the molecule is [2H]C([2H])([2H])Oc1ccc2c(c1)C(c1ccc(Cl)cc1)=N[C@@H](CC(=O)NCC)c1nnc(C([2H])([2H])[2H])n1-2. The lowest BCUT2D eigenvalue weighted by Crippen LogP contribution is -2.25. The Morgan fingerprint density at radius 3 is 2.83 bits per heavy atom. The quantitative estimate of drug-likeness (QED) is 0.671. The molecule has 154 valence electrons. The summed E-state index contributed by atoms with van der Waals surface area (Å²) in [6.07, 6.45) is -0.114. The second-order valence-electron chi connectivity index (χ2n) is 6.66. The second-order valence-corrected chi connectivity index (χ2v) is 7.09. The van der Waals surface area contributed by atoms with Gasteiger partial charge in [0.2, 0.25) is 5.91 Å². The van der Waals surface area contributed by atoms with Gasteiger partial charge in [0, 0.05) is 26.8 Å². The third kappa shape index (κ3) is 3.68. The lowest BCUT2D eigenvalue weighted by molar-refractivity contribution is -0.121. The van der Waals surface area contributed by atoms with Crippen LogP contribution in [0.3, 0.4) is 0 Å². The number of nitrogens with one attached hydrogen (secondary N) is 1. The Bertz CT molecular complexity index is 1320. The third-order valence-corrected chi connectivity index (χ3v) is 4.98. The van der Waals surface area contributed by atoms with Crippen LogP contribution in [-0.2, 0) is 4.79 Å². The molecule has 0 saturated carbocycles. The van der Waals surface area contributed by atoms with Gasteiger partial charge in [-0.2, -0.15) is 0 Å². The summed E-state index contributed by atoms with van der Waals surface area (Å²) < 4.78 is 52.9. The van der Waals surface area contributed by atoms with Crippen LogP contribution in [-0.4, -0.2) is 40.0 Å². The molecule has 2 heterocycles. The summed E-state index contributed by atoms with van der Waals surface area (Å²) in [5, 5.41) is 11.3. The van der Waals surface area contributed by atoms with Crippen molar-refractivity contribution in [2.24, 2.45) is 4.99 Å². The highest BCUT2D eigenvalue weighted by molar-refractivity contribution is 6.30. The second kappa shape index (κ2) is 8.28. The van der Waals surface area contributed by atoms with Crippen molar-refractivity contribution in [3.8, 4) is 11.4 Å². The van der Waals surface area contributed by atoms with Gasteiger partial charge in [-0.05, 0) is 44.1 Å². The first-order chi connectivity index (χ1) is 16.9. The van der Waals surface area contributed by atoms with E-state index in [2.05, 4.69) is 15.5 Å². The van der Waals surface area contributed by atoms with E-state index in [0.29, 0.717) is 34.1 Å². The molecule has 1 atom stereocenters. The third-order valence-electron chi connectivity index (χ3n) is 4.72. The summed E-state index contributed by atoms with van der Waals surface area (Å²) in [6, 6.07) is 10.3. The van der Waals surface area contributed by atoms with Crippen LogP contribution in [0.2, 0.25) is 5.02 Å². The molecule has 7 nitrogen and oxygen atoms in total. The number of ether oxygens (including phenoxy) is 1. The monoisotopic (exact) mass is 429 g/mol. The van der Waals surface area contributed by atoms with Crippen LogP contribution in [0.15, 0.2) is 47.5 Å². The predicted molar refractivity (Wildman–Crippen MR) is 116 cm³/mol. The lowest BCUT2D eigenvalue weighted by atomic mass is 10.00. The van der Waals surface area contributed by atoms with E-state index in [4.69, 9.17) is 29.6 Å². The van der Waals surface area contributed by atoms with Gasteiger partial charge in [-0.3, -0.25) is 14.4 Å². The number of benzene rings is 2. The molecule has 3 aromatic rings. The Labute approximate surface area is 188 Å². The normalized spacial score (nSPS) is 18.7. The van der Waals surface area contributed by atoms with E-state index in [0.717, 1.165) is 0 Å². The topological polar surface area (TPSA) is 81.4 Å². The summed E-state index contributed by atoms with van der Waals surface area (Å²) in [6.45, 7) is -0.440. The van der Waals surface area contributed by atoms with Gasteiger partial charge < -0.3 is 10.1 Å². The number of nitrogens with zero attached hydrogens (tertiary/aromatic N) is 4. The molecule has 0 spiro atoms. The first-order valence-corrected chi connectivity index (χ1v) is 9.65. The Morgan fingerprint density at radius 1 is 1.27 bits per heavy atom. The number of aromatic nitrogens is 3. The highest BCUT2D eigenvalue weighted by Gasteiger charge is 2.29. The number of aryl methyl sites for hydroxylation is 1. The van der Waals surface area contributed by atoms with Gasteiger partial charge >= 0.3 is 0 Å². The average molecular weight is 430 g/mol. The zero-order chi connectivity index (χ0) is 26.3. The van der Waals surface area contributed by atoms with Crippen molar-refractivity contribution in [3.63, 3.8) is 0 Å². The van der Waals surface area contributed by atoms with E-state index in [-0.39, 0.29) is 29.7 Å². The number of amides is 1. The highest BCUT2D eigenvalue weighted by Crippen LogP contribution is 2.34. The van der Waals surface area contributed by atoms with Crippen LogP contribution in [0.5, 0.6) is 5.75 Å². The molecule has 0 unspecified atom stereocenters. The molecule has 30 heavy (non-hydrogen) atoms. The Kier molecular flexibility index (Phi) is 3.84. The number of rotatable bonds is 5. The Balaban J connectivity index is 2.01. The maximum absolute atomic E-state index is 12.6. The van der Waals surface area contributed by atoms with Crippen LogP contribution >= 0.6 is 11.6 Å². The van der Waals surface area contributed by atoms with Crippen LogP contribution < -0.4 is 10.1 Å². The van der Waals surface area contributed by atoms with Crippen molar-refractivity contribution in [1.82, 2.24) is 20.1 Å². The average Bonchev–Trinajstić information content (AvgIpc) is 3.17. The molecule has 0 radical (unpaired) electrons. The molecular formula is C22H22ClN5O2. The minimum Gasteiger partial charge on any atom is -0.497 e. The molecule has 0 bridgehead atoms. The molecule has 1 amide bonds. The van der Waals surface area contributed by atoms with Crippen molar-refractivity contribution in [1.29, 1.82) is 0 Å². The fourth-order valence-electron chi connectivity index (χ4n) is 3.42. The minimum atomic E-state index is -2.71. The summed E-state index contributed by atoms with van der Waals surface area (Å²) in [5.41, 5.74) is 1.73. The number of hydrogen-bond acceptors (Lipinski definition) is 5. The van der Waals surface area contributed by atoms with Crippen LogP contribution in [0.4, 0.5) is 0 Å². The van der Waals surface area contributed by atoms with Crippen LogP contribution in [0, 0.1) is 6.85 Å².